The molecular weight excluding hydrogens is 374 g/mol. The molecule has 0 saturated heterocycles. The van der Waals surface area contributed by atoms with Crippen LogP contribution in [0.4, 0.5) is 5.69 Å². The fourth-order valence-corrected chi connectivity index (χ4v) is 3.42. The van der Waals surface area contributed by atoms with E-state index in [9.17, 15) is 9.59 Å². The topological polar surface area (TPSA) is 80.3 Å². The molecule has 28 heavy (non-hydrogen) atoms. The van der Waals surface area contributed by atoms with Crippen molar-refractivity contribution in [3.63, 3.8) is 0 Å². The standard InChI is InChI=1S/C21H21N3O3S/c1-14(25)23-17-7-5-16(6-8-17)21-24-18(13-28-21)11-20(26)22-12-15-3-9-19(27-2)10-4-15/h3-10,13H,11-12H2,1-2H3,(H,22,26)(H,23,25). The van der Waals surface area contributed by atoms with E-state index in [0.29, 0.717) is 6.54 Å². The summed E-state index contributed by atoms with van der Waals surface area (Å²) in [7, 11) is 1.62. The SMILES string of the molecule is COc1ccc(CNC(=O)Cc2csc(-c3ccc(NC(C)=O)cc3)n2)cc1. The summed E-state index contributed by atoms with van der Waals surface area (Å²) < 4.78 is 5.12. The Bertz CT molecular complexity index is 950. The highest BCUT2D eigenvalue weighted by Crippen LogP contribution is 2.25. The Morgan fingerprint density at radius 2 is 1.79 bits per heavy atom. The second-order valence-electron chi connectivity index (χ2n) is 6.20. The van der Waals surface area contributed by atoms with Crippen molar-refractivity contribution in [2.75, 3.05) is 12.4 Å². The largest absolute Gasteiger partial charge is 0.497 e. The lowest BCUT2D eigenvalue weighted by Gasteiger charge is -2.05. The fourth-order valence-electron chi connectivity index (χ4n) is 2.59. The average Bonchev–Trinajstić information content (AvgIpc) is 3.15. The first-order chi connectivity index (χ1) is 13.5. The number of carbonyl (C=O) groups is 2. The van der Waals surface area contributed by atoms with Gasteiger partial charge in [-0.3, -0.25) is 9.59 Å². The molecule has 0 fully saturated rings. The Balaban J connectivity index is 1.54. The van der Waals surface area contributed by atoms with Gasteiger partial charge in [0.05, 0.1) is 19.2 Å². The number of carbonyl (C=O) groups excluding carboxylic acids is 2. The molecule has 0 unspecified atom stereocenters. The maximum Gasteiger partial charge on any atom is 0.226 e. The first-order valence-electron chi connectivity index (χ1n) is 8.75. The van der Waals surface area contributed by atoms with Crippen molar-refractivity contribution in [1.29, 1.82) is 0 Å². The first-order valence-corrected chi connectivity index (χ1v) is 9.63. The molecular formula is C21H21N3O3S. The molecule has 0 atom stereocenters. The zero-order valence-electron chi connectivity index (χ0n) is 15.7. The van der Waals surface area contributed by atoms with Crippen LogP contribution in [0, 0.1) is 0 Å². The zero-order chi connectivity index (χ0) is 19.9. The van der Waals surface area contributed by atoms with Gasteiger partial charge in [0.15, 0.2) is 0 Å². The molecule has 3 rings (SSSR count). The van der Waals surface area contributed by atoms with Crippen LogP contribution in [0.2, 0.25) is 0 Å². The summed E-state index contributed by atoms with van der Waals surface area (Å²) in [5, 5.41) is 8.37. The van der Waals surface area contributed by atoms with Crippen LogP contribution in [0.1, 0.15) is 18.2 Å². The molecule has 2 aromatic carbocycles. The monoisotopic (exact) mass is 395 g/mol. The number of hydrogen-bond acceptors (Lipinski definition) is 5. The molecule has 144 valence electrons. The van der Waals surface area contributed by atoms with E-state index in [-0.39, 0.29) is 18.2 Å². The molecule has 7 heteroatoms. The zero-order valence-corrected chi connectivity index (χ0v) is 16.5. The normalized spacial score (nSPS) is 10.4. The summed E-state index contributed by atoms with van der Waals surface area (Å²) in [5.74, 6) is 0.605. The molecule has 0 bridgehead atoms. The predicted octanol–water partition coefficient (Wildman–Crippen LogP) is 3.64. The van der Waals surface area contributed by atoms with E-state index in [1.54, 1.807) is 7.11 Å². The van der Waals surface area contributed by atoms with Gasteiger partial charge >= 0.3 is 0 Å². The summed E-state index contributed by atoms with van der Waals surface area (Å²) >= 11 is 1.49. The Kier molecular flexibility index (Phi) is 6.39. The van der Waals surface area contributed by atoms with Crippen LogP contribution in [0.3, 0.4) is 0 Å². The lowest BCUT2D eigenvalue weighted by atomic mass is 10.2. The Hall–Kier alpha value is -3.19. The number of ether oxygens (including phenoxy) is 1. The van der Waals surface area contributed by atoms with Crippen molar-refractivity contribution in [2.24, 2.45) is 0 Å². The number of nitrogens with one attached hydrogen (secondary N) is 2. The highest BCUT2D eigenvalue weighted by atomic mass is 32.1. The maximum absolute atomic E-state index is 12.2. The lowest BCUT2D eigenvalue weighted by Crippen LogP contribution is -2.24. The van der Waals surface area contributed by atoms with Crippen LogP contribution in [-0.4, -0.2) is 23.9 Å². The third-order valence-electron chi connectivity index (χ3n) is 3.99. The minimum atomic E-state index is -0.107. The highest BCUT2D eigenvalue weighted by molar-refractivity contribution is 7.13. The summed E-state index contributed by atoms with van der Waals surface area (Å²) in [6.07, 6.45) is 0.233. The van der Waals surface area contributed by atoms with E-state index >= 15 is 0 Å². The highest BCUT2D eigenvalue weighted by Gasteiger charge is 2.09. The molecule has 0 spiro atoms. The predicted molar refractivity (Wildman–Crippen MR) is 110 cm³/mol. The lowest BCUT2D eigenvalue weighted by molar-refractivity contribution is -0.120. The molecule has 1 aromatic heterocycles. The van der Waals surface area contributed by atoms with Gasteiger partial charge in [-0.2, -0.15) is 0 Å². The van der Waals surface area contributed by atoms with E-state index in [4.69, 9.17) is 4.74 Å². The van der Waals surface area contributed by atoms with Gasteiger partial charge in [-0.1, -0.05) is 12.1 Å². The van der Waals surface area contributed by atoms with Gasteiger partial charge in [-0.15, -0.1) is 11.3 Å². The minimum absolute atomic E-state index is 0.0753. The second kappa shape index (κ2) is 9.14. The summed E-state index contributed by atoms with van der Waals surface area (Å²) in [4.78, 5) is 27.8. The van der Waals surface area contributed by atoms with Crippen molar-refractivity contribution in [3.05, 3.63) is 65.2 Å². The second-order valence-corrected chi connectivity index (χ2v) is 7.06. The number of nitrogens with zero attached hydrogens (tertiary/aromatic N) is 1. The van der Waals surface area contributed by atoms with Crippen LogP contribution in [0.5, 0.6) is 5.75 Å². The van der Waals surface area contributed by atoms with Crippen LogP contribution < -0.4 is 15.4 Å². The van der Waals surface area contributed by atoms with Gasteiger partial charge in [0, 0.05) is 30.1 Å². The fraction of sp³-hybridized carbons (Fsp3) is 0.190. The molecule has 2 amide bonds. The number of amides is 2. The number of anilines is 1. The first kappa shape index (κ1) is 19.6. The number of thiazole rings is 1. The maximum atomic E-state index is 12.2. The van der Waals surface area contributed by atoms with Gasteiger partial charge in [0.25, 0.3) is 0 Å². The van der Waals surface area contributed by atoms with Crippen molar-refractivity contribution in [3.8, 4) is 16.3 Å². The average molecular weight is 395 g/mol. The Morgan fingerprint density at radius 1 is 1.07 bits per heavy atom. The van der Waals surface area contributed by atoms with E-state index in [2.05, 4.69) is 15.6 Å². The van der Waals surface area contributed by atoms with E-state index in [0.717, 1.165) is 33.3 Å². The number of rotatable bonds is 7. The molecule has 6 nitrogen and oxygen atoms in total. The molecule has 0 radical (unpaired) electrons. The van der Waals surface area contributed by atoms with Gasteiger partial charge in [0.2, 0.25) is 11.8 Å². The molecule has 0 aliphatic carbocycles. The number of methoxy groups -OCH3 is 1. The van der Waals surface area contributed by atoms with Gasteiger partial charge in [-0.25, -0.2) is 4.98 Å². The number of hydrogen-bond donors (Lipinski definition) is 2. The van der Waals surface area contributed by atoms with Gasteiger partial charge in [0.1, 0.15) is 10.8 Å². The molecule has 0 saturated carbocycles. The van der Waals surface area contributed by atoms with Crippen molar-refractivity contribution in [2.45, 2.75) is 19.9 Å². The molecule has 3 aromatic rings. The van der Waals surface area contributed by atoms with Crippen LogP contribution >= 0.6 is 11.3 Å². The quantitative estimate of drug-likeness (QED) is 0.640. The third kappa shape index (κ3) is 5.40. The molecule has 0 aliphatic rings. The van der Waals surface area contributed by atoms with Crippen LogP contribution in [-0.2, 0) is 22.6 Å². The van der Waals surface area contributed by atoms with Gasteiger partial charge in [-0.05, 0) is 42.0 Å². The van der Waals surface area contributed by atoms with Crippen molar-refractivity contribution in [1.82, 2.24) is 10.3 Å². The molecule has 2 N–H and O–H groups in total. The summed E-state index contributed by atoms with van der Waals surface area (Å²) in [6, 6.07) is 15.0. The van der Waals surface area contributed by atoms with Crippen LogP contribution in [0.25, 0.3) is 10.6 Å². The summed E-state index contributed by atoms with van der Waals surface area (Å²) in [6.45, 7) is 1.94. The van der Waals surface area contributed by atoms with Crippen molar-refractivity contribution < 1.29 is 14.3 Å². The minimum Gasteiger partial charge on any atom is -0.497 e. The Morgan fingerprint density at radius 3 is 2.43 bits per heavy atom. The van der Waals surface area contributed by atoms with Gasteiger partial charge < -0.3 is 15.4 Å². The number of benzene rings is 2. The molecule has 1 heterocycles. The van der Waals surface area contributed by atoms with Crippen LogP contribution in [0.15, 0.2) is 53.9 Å². The Labute approximate surface area is 167 Å². The smallest absolute Gasteiger partial charge is 0.226 e. The van der Waals surface area contributed by atoms with E-state index in [1.807, 2.05) is 53.9 Å². The number of aromatic nitrogens is 1. The molecule has 0 aliphatic heterocycles. The summed E-state index contributed by atoms with van der Waals surface area (Å²) in [5.41, 5.74) is 3.43. The third-order valence-corrected chi connectivity index (χ3v) is 4.93. The van der Waals surface area contributed by atoms with E-state index < -0.39 is 0 Å². The van der Waals surface area contributed by atoms with E-state index in [1.165, 1.54) is 18.3 Å². The van der Waals surface area contributed by atoms with Crippen molar-refractivity contribution >= 4 is 28.8 Å².